The molecule has 0 spiro atoms. The first kappa shape index (κ1) is 22.3. The van der Waals surface area contributed by atoms with Gasteiger partial charge in [0.05, 0.1) is 18.2 Å². The maximum atomic E-state index is 12.3. The smallest absolute Gasteiger partial charge is 0.260 e. The Labute approximate surface area is 183 Å². The van der Waals surface area contributed by atoms with Crippen LogP contribution >= 0.6 is 0 Å². The molecule has 0 aliphatic heterocycles. The number of nitrogens with zero attached hydrogens (tertiary/aromatic N) is 3. The van der Waals surface area contributed by atoms with Gasteiger partial charge in [-0.25, -0.2) is 13.8 Å². The maximum absolute atomic E-state index is 12.3. The summed E-state index contributed by atoms with van der Waals surface area (Å²) in [5.74, 6) is -0.530. The molecule has 0 saturated heterocycles. The quantitative estimate of drug-likeness (QED) is 0.454. The first-order chi connectivity index (χ1) is 14.7. The van der Waals surface area contributed by atoms with Crippen LogP contribution in [0, 0.1) is 20.8 Å². The van der Waals surface area contributed by atoms with Crippen LogP contribution in [-0.2, 0) is 14.8 Å². The summed E-state index contributed by atoms with van der Waals surface area (Å²) in [7, 11) is -3.62. The van der Waals surface area contributed by atoms with Crippen LogP contribution in [0.2, 0.25) is 0 Å². The SMILES string of the molecule is Cc1ccc(-n2c(C)cc(/C=N\NC(=O)CN(c3ccccc3)S(C)(=O)=O)c2C)cc1. The molecule has 0 saturated carbocycles. The Bertz CT molecular complexity index is 1200. The fraction of sp³-hybridized carbons (Fsp3) is 0.217. The number of rotatable bonds is 7. The molecule has 0 aliphatic carbocycles. The summed E-state index contributed by atoms with van der Waals surface area (Å²) < 4.78 is 27.4. The number of carbonyl (C=O) groups excluding carboxylic acids is 1. The standard InChI is InChI=1S/C23H26N4O3S/c1-17-10-12-22(13-11-17)27-18(2)14-20(19(27)3)15-24-25-23(28)16-26(31(4,29)30)21-8-6-5-7-9-21/h5-15H,16H2,1-4H3,(H,25,28)/b24-15-. The molecule has 3 aromatic rings. The number of hydrazone groups is 1. The van der Waals surface area contributed by atoms with Gasteiger partial charge in [0.2, 0.25) is 10.0 Å². The van der Waals surface area contributed by atoms with Crippen molar-refractivity contribution in [1.82, 2.24) is 9.99 Å². The lowest BCUT2D eigenvalue weighted by molar-refractivity contribution is -0.119. The number of carbonyl (C=O) groups is 1. The lowest BCUT2D eigenvalue weighted by atomic mass is 10.2. The zero-order chi connectivity index (χ0) is 22.6. The highest BCUT2D eigenvalue weighted by atomic mass is 32.2. The van der Waals surface area contributed by atoms with Crippen LogP contribution in [0.1, 0.15) is 22.5 Å². The molecule has 7 nitrogen and oxygen atoms in total. The van der Waals surface area contributed by atoms with Gasteiger partial charge >= 0.3 is 0 Å². The predicted molar refractivity (Wildman–Crippen MR) is 124 cm³/mol. The van der Waals surface area contributed by atoms with Gasteiger partial charge in [0.1, 0.15) is 6.54 Å². The molecule has 1 heterocycles. The van der Waals surface area contributed by atoms with Gasteiger partial charge in [-0.3, -0.25) is 9.10 Å². The number of amides is 1. The van der Waals surface area contributed by atoms with Gasteiger partial charge in [-0.15, -0.1) is 0 Å². The van der Waals surface area contributed by atoms with Crippen molar-refractivity contribution >= 4 is 27.8 Å². The van der Waals surface area contributed by atoms with Crippen molar-refractivity contribution in [2.45, 2.75) is 20.8 Å². The number of hydrogen-bond donors (Lipinski definition) is 1. The molecule has 1 amide bonds. The van der Waals surface area contributed by atoms with Crippen molar-refractivity contribution in [1.29, 1.82) is 0 Å². The van der Waals surface area contributed by atoms with Gasteiger partial charge in [-0.1, -0.05) is 35.9 Å². The largest absolute Gasteiger partial charge is 0.318 e. The van der Waals surface area contributed by atoms with E-state index in [0.29, 0.717) is 5.69 Å². The van der Waals surface area contributed by atoms with Crippen LogP contribution < -0.4 is 9.73 Å². The Balaban J connectivity index is 1.72. The third-order valence-corrected chi connectivity index (χ3v) is 6.03. The second-order valence-corrected chi connectivity index (χ2v) is 9.30. The summed E-state index contributed by atoms with van der Waals surface area (Å²) >= 11 is 0. The second kappa shape index (κ2) is 9.18. The van der Waals surface area contributed by atoms with Crippen molar-refractivity contribution in [2.75, 3.05) is 17.1 Å². The number of benzene rings is 2. The molecule has 162 valence electrons. The third kappa shape index (κ3) is 5.40. The molecule has 31 heavy (non-hydrogen) atoms. The molecule has 1 aromatic heterocycles. The van der Waals surface area contributed by atoms with Crippen molar-refractivity contribution in [3.05, 3.63) is 83.2 Å². The average molecular weight is 439 g/mol. The van der Waals surface area contributed by atoms with Gasteiger partial charge in [0.25, 0.3) is 5.91 Å². The Morgan fingerprint density at radius 3 is 2.32 bits per heavy atom. The van der Waals surface area contributed by atoms with E-state index in [0.717, 1.165) is 33.2 Å². The molecular formula is C23H26N4O3S. The van der Waals surface area contributed by atoms with Crippen LogP contribution in [0.4, 0.5) is 5.69 Å². The molecule has 8 heteroatoms. The van der Waals surface area contributed by atoms with Crippen LogP contribution in [0.25, 0.3) is 5.69 Å². The molecular weight excluding hydrogens is 412 g/mol. The zero-order valence-corrected chi connectivity index (χ0v) is 18.8. The van der Waals surface area contributed by atoms with E-state index in [1.54, 1.807) is 36.5 Å². The highest BCUT2D eigenvalue weighted by Gasteiger charge is 2.20. The van der Waals surface area contributed by atoms with Gasteiger partial charge < -0.3 is 4.57 Å². The number of anilines is 1. The van der Waals surface area contributed by atoms with Gasteiger partial charge in [0, 0.05) is 22.6 Å². The minimum Gasteiger partial charge on any atom is -0.318 e. The number of sulfonamides is 1. The summed E-state index contributed by atoms with van der Waals surface area (Å²) in [6, 6.07) is 18.7. The molecule has 0 radical (unpaired) electrons. The summed E-state index contributed by atoms with van der Waals surface area (Å²) in [6.07, 6.45) is 2.63. The Kier molecular flexibility index (Phi) is 6.60. The van der Waals surface area contributed by atoms with E-state index in [1.165, 1.54) is 5.56 Å². The predicted octanol–water partition coefficient (Wildman–Crippen LogP) is 3.32. The summed E-state index contributed by atoms with van der Waals surface area (Å²) in [5, 5.41) is 4.03. The van der Waals surface area contributed by atoms with Gasteiger partial charge in [-0.2, -0.15) is 5.10 Å². The number of aryl methyl sites for hydroxylation is 2. The lowest BCUT2D eigenvalue weighted by Crippen LogP contribution is -2.38. The van der Waals surface area contributed by atoms with Gasteiger partial charge in [0.15, 0.2) is 0 Å². The van der Waals surface area contributed by atoms with Crippen LogP contribution in [0.5, 0.6) is 0 Å². The molecule has 0 fully saturated rings. The lowest BCUT2D eigenvalue weighted by Gasteiger charge is -2.21. The molecule has 1 N–H and O–H groups in total. The first-order valence-electron chi connectivity index (χ1n) is 9.77. The Morgan fingerprint density at radius 1 is 1.06 bits per heavy atom. The average Bonchev–Trinajstić information content (AvgIpc) is 3.00. The molecule has 2 aromatic carbocycles. The van der Waals surface area contributed by atoms with Crippen LogP contribution in [0.3, 0.4) is 0 Å². The van der Waals surface area contributed by atoms with E-state index in [1.807, 2.05) is 26.8 Å². The minimum absolute atomic E-state index is 0.359. The van der Waals surface area contributed by atoms with E-state index >= 15 is 0 Å². The van der Waals surface area contributed by atoms with E-state index in [4.69, 9.17) is 0 Å². The van der Waals surface area contributed by atoms with Crippen LogP contribution in [-0.4, -0.2) is 37.9 Å². The Morgan fingerprint density at radius 2 is 1.71 bits per heavy atom. The first-order valence-corrected chi connectivity index (χ1v) is 11.6. The maximum Gasteiger partial charge on any atom is 0.260 e. The van der Waals surface area contributed by atoms with Crippen molar-refractivity contribution in [2.24, 2.45) is 5.10 Å². The third-order valence-electron chi connectivity index (χ3n) is 4.89. The number of aromatic nitrogens is 1. The summed E-state index contributed by atoms with van der Waals surface area (Å²) in [4.78, 5) is 12.3. The summed E-state index contributed by atoms with van der Waals surface area (Å²) in [6.45, 7) is 5.68. The molecule has 0 unspecified atom stereocenters. The number of para-hydroxylation sites is 1. The molecule has 0 aliphatic rings. The number of hydrogen-bond acceptors (Lipinski definition) is 4. The minimum atomic E-state index is -3.62. The fourth-order valence-corrected chi connectivity index (χ4v) is 4.20. The zero-order valence-electron chi connectivity index (χ0n) is 18.0. The summed E-state index contributed by atoms with van der Waals surface area (Å²) in [5.41, 5.74) is 7.98. The van der Waals surface area contributed by atoms with E-state index < -0.39 is 15.9 Å². The Hall–Kier alpha value is -3.39. The number of nitrogens with one attached hydrogen (secondary N) is 1. The molecule has 0 atom stereocenters. The topological polar surface area (TPSA) is 83.8 Å². The van der Waals surface area contributed by atoms with Crippen molar-refractivity contribution in [3.63, 3.8) is 0 Å². The fourth-order valence-electron chi connectivity index (χ4n) is 3.34. The molecule has 3 rings (SSSR count). The van der Waals surface area contributed by atoms with Gasteiger partial charge in [-0.05, 0) is 51.1 Å². The normalized spacial score (nSPS) is 11.6. The van der Waals surface area contributed by atoms with E-state index in [-0.39, 0.29) is 6.54 Å². The molecule has 0 bridgehead atoms. The highest BCUT2D eigenvalue weighted by molar-refractivity contribution is 7.92. The van der Waals surface area contributed by atoms with Crippen LogP contribution in [0.15, 0.2) is 65.8 Å². The van der Waals surface area contributed by atoms with Crippen molar-refractivity contribution < 1.29 is 13.2 Å². The van der Waals surface area contributed by atoms with E-state index in [9.17, 15) is 13.2 Å². The second-order valence-electron chi connectivity index (χ2n) is 7.40. The van der Waals surface area contributed by atoms with E-state index in [2.05, 4.69) is 39.4 Å². The van der Waals surface area contributed by atoms with Crippen molar-refractivity contribution in [3.8, 4) is 5.69 Å². The monoisotopic (exact) mass is 438 g/mol. The highest BCUT2D eigenvalue weighted by Crippen LogP contribution is 2.20.